The number of carbonyl (C=O) groups is 1. The Morgan fingerprint density at radius 2 is 1.58 bits per heavy atom. The van der Waals surface area contributed by atoms with Crippen LogP contribution in [-0.4, -0.2) is 60.0 Å². The van der Waals surface area contributed by atoms with Gasteiger partial charge in [0.1, 0.15) is 5.76 Å². The first-order chi connectivity index (χ1) is 16.2. The van der Waals surface area contributed by atoms with E-state index in [2.05, 4.69) is 40.1 Å². The third-order valence-corrected chi connectivity index (χ3v) is 6.78. The minimum atomic E-state index is 0.125. The van der Waals surface area contributed by atoms with Gasteiger partial charge in [-0.2, -0.15) is 0 Å². The average molecular weight is 445 g/mol. The molecule has 1 amide bonds. The van der Waals surface area contributed by atoms with Crippen molar-refractivity contribution < 1.29 is 9.21 Å². The molecule has 6 heteroatoms. The summed E-state index contributed by atoms with van der Waals surface area (Å²) in [7, 11) is 0. The Hall–Kier alpha value is -3.12. The van der Waals surface area contributed by atoms with Gasteiger partial charge >= 0.3 is 0 Å². The lowest BCUT2D eigenvalue weighted by Gasteiger charge is -2.35. The van der Waals surface area contributed by atoms with E-state index in [1.165, 1.54) is 12.1 Å². The number of nitrogens with zero attached hydrogens (tertiary/aromatic N) is 4. The molecule has 2 aliphatic rings. The molecule has 0 N–H and O–H groups in total. The summed E-state index contributed by atoms with van der Waals surface area (Å²) < 4.78 is 6.01. The molecule has 5 rings (SSSR count). The number of hydrogen-bond acceptors (Lipinski definition) is 5. The van der Waals surface area contributed by atoms with Crippen molar-refractivity contribution in [3.05, 3.63) is 71.6 Å². The first-order valence-electron chi connectivity index (χ1n) is 12.1. The molecule has 0 radical (unpaired) electrons. The summed E-state index contributed by atoms with van der Waals surface area (Å²) in [6, 6.07) is 18.3. The Morgan fingerprint density at radius 1 is 0.879 bits per heavy atom. The van der Waals surface area contributed by atoms with E-state index in [0.29, 0.717) is 5.89 Å². The standard InChI is InChI=1S/C27H32N4O2/c1-21-25(20-29-16-18-30(19-17-29)24-8-4-2-5-9-24)28-26(33-21)22-10-12-23(13-11-22)27(32)31-14-6-3-7-15-31/h2,4-5,8-13H,3,6-7,14-20H2,1H3. The van der Waals surface area contributed by atoms with Gasteiger partial charge in [0, 0.05) is 62.6 Å². The van der Waals surface area contributed by atoms with Crippen LogP contribution in [0.25, 0.3) is 11.5 Å². The number of hydrogen-bond donors (Lipinski definition) is 0. The van der Waals surface area contributed by atoms with Crippen LogP contribution in [0.15, 0.2) is 59.0 Å². The predicted octanol–water partition coefficient (Wildman–Crippen LogP) is 4.60. The van der Waals surface area contributed by atoms with Crippen molar-refractivity contribution in [2.45, 2.75) is 32.7 Å². The van der Waals surface area contributed by atoms with Crippen LogP contribution in [-0.2, 0) is 6.54 Å². The molecule has 2 fully saturated rings. The lowest BCUT2D eigenvalue weighted by atomic mass is 10.1. The summed E-state index contributed by atoms with van der Waals surface area (Å²) in [6.07, 6.45) is 3.42. The third-order valence-electron chi connectivity index (χ3n) is 6.78. The lowest BCUT2D eigenvalue weighted by Crippen LogP contribution is -2.46. The van der Waals surface area contributed by atoms with Crippen molar-refractivity contribution in [3.8, 4) is 11.5 Å². The Bertz CT molecular complexity index is 1060. The van der Waals surface area contributed by atoms with Crippen LogP contribution >= 0.6 is 0 Å². The number of amides is 1. The number of carbonyl (C=O) groups excluding carboxylic acids is 1. The Balaban J connectivity index is 1.20. The highest BCUT2D eigenvalue weighted by Gasteiger charge is 2.21. The average Bonchev–Trinajstić information content (AvgIpc) is 3.25. The maximum absolute atomic E-state index is 12.7. The van der Waals surface area contributed by atoms with E-state index in [1.54, 1.807) is 0 Å². The molecule has 3 heterocycles. The van der Waals surface area contributed by atoms with Gasteiger partial charge in [-0.1, -0.05) is 18.2 Å². The molecule has 0 aliphatic carbocycles. The van der Waals surface area contributed by atoms with Crippen LogP contribution in [0, 0.1) is 6.92 Å². The van der Waals surface area contributed by atoms with Gasteiger partial charge < -0.3 is 14.2 Å². The van der Waals surface area contributed by atoms with Crippen LogP contribution in [0.2, 0.25) is 0 Å². The number of oxazole rings is 1. The van der Waals surface area contributed by atoms with Gasteiger partial charge in [0.05, 0.1) is 5.69 Å². The summed E-state index contributed by atoms with van der Waals surface area (Å²) in [6.45, 7) is 8.54. The summed E-state index contributed by atoms with van der Waals surface area (Å²) >= 11 is 0. The highest BCUT2D eigenvalue weighted by Crippen LogP contribution is 2.24. The second-order valence-corrected chi connectivity index (χ2v) is 9.05. The van der Waals surface area contributed by atoms with Gasteiger partial charge in [0.2, 0.25) is 5.89 Å². The third kappa shape index (κ3) is 4.96. The van der Waals surface area contributed by atoms with E-state index in [0.717, 1.165) is 81.2 Å². The van der Waals surface area contributed by atoms with E-state index < -0.39 is 0 Å². The van der Waals surface area contributed by atoms with Crippen LogP contribution < -0.4 is 4.90 Å². The maximum Gasteiger partial charge on any atom is 0.253 e. The first kappa shape index (κ1) is 21.7. The number of piperidine rings is 1. The van der Waals surface area contributed by atoms with E-state index in [-0.39, 0.29) is 5.91 Å². The van der Waals surface area contributed by atoms with E-state index in [1.807, 2.05) is 36.1 Å². The van der Waals surface area contributed by atoms with Gasteiger partial charge in [-0.3, -0.25) is 9.69 Å². The Kier molecular flexibility index (Phi) is 6.44. The van der Waals surface area contributed by atoms with Crippen molar-refractivity contribution in [2.75, 3.05) is 44.2 Å². The quantitative estimate of drug-likeness (QED) is 0.576. The molecule has 0 saturated carbocycles. The number of piperazine rings is 1. The summed E-state index contributed by atoms with van der Waals surface area (Å²) in [5.74, 6) is 1.62. The highest BCUT2D eigenvalue weighted by molar-refractivity contribution is 5.94. The second-order valence-electron chi connectivity index (χ2n) is 9.05. The number of aryl methyl sites for hydroxylation is 1. The van der Waals surface area contributed by atoms with Crippen molar-refractivity contribution in [1.29, 1.82) is 0 Å². The Morgan fingerprint density at radius 3 is 2.27 bits per heavy atom. The number of rotatable bonds is 5. The SMILES string of the molecule is Cc1oc(-c2ccc(C(=O)N3CCCCC3)cc2)nc1CN1CCN(c2ccccc2)CC1. The first-order valence-corrected chi connectivity index (χ1v) is 12.1. The minimum absolute atomic E-state index is 0.125. The fourth-order valence-electron chi connectivity index (χ4n) is 4.75. The number of likely N-dealkylation sites (tertiary alicyclic amines) is 1. The topological polar surface area (TPSA) is 52.8 Å². The zero-order valence-electron chi connectivity index (χ0n) is 19.4. The fourth-order valence-corrected chi connectivity index (χ4v) is 4.75. The normalized spacial score (nSPS) is 17.4. The highest BCUT2D eigenvalue weighted by atomic mass is 16.4. The monoisotopic (exact) mass is 444 g/mol. The molecule has 1 aromatic heterocycles. The van der Waals surface area contributed by atoms with Crippen molar-refractivity contribution in [3.63, 3.8) is 0 Å². The molecule has 3 aromatic rings. The Labute approximate surface area is 195 Å². The summed E-state index contributed by atoms with van der Waals surface area (Å²) in [5.41, 5.74) is 3.93. The van der Waals surface area contributed by atoms with Gasteiger partial charge in [-0.25, -0.2) is 4.98 Å². The second kappa shape index (κ2) is 9.79. The van der Waals surface area contributed by atoms with Crippen LogP contribution in [0.4, 0.5) is 5.69 Å². The van der Waals surface area contributed by atoms with Crippen LogP contribution in [0.5, 0.6) is 0 Å². The van der Waals surface area contributed by atoms with Gasteiger partial charge in [0.15, 0.2) is 0 Å². The summed E-state index contributed by atoms with van der Waals surface area (Å²) in [5, 5.41) is 0. The summed E-state index contributed by atoms with van der Waals surface area (Å²) in [4.78, 5) is 24.4. The molecule has 2 aliphatic heterocycles. The largest absolute Gasteiger partial charge is 0.441 e. The smallest absolute Gasteiger partial charge is 0.253 e. The minimum Gasteiger partial charge on any atom is -0.441 e. The zero-order chi connectivity index (χ0) is 22.6. The van der Waals surface area contributed by atoms with Crippen molar-refractivity contribution in [1.82, 2.24) is 14.8 Å². The molecule has 0 spiro atoms. The lowest BCUT2D eigenvalue weighted by molar-refractivity contribution is 0.0724. The van der Waals surface area contributed by atoms with E-state index >= 15 is 0 Å². The van der Waals surface area contributed by atoms with E-state index in [9.17, 15) is 4.79 Å². The molecular weight excluding hydrogens is 412 g/mol. The molecule has 33 heavy (non-hydrogen) atoms. The van der Waals surface area contributed by atoms with Crippen molar-refractivity contribution >= 4 is 11.6 Å². The van der Waals surface area contributed by atoms with Gasteiger partial charge in [-0.05, 0) is 62.6 Å². The van der Waals surface area contributed by atoms with Crippen molar-refractivity contribution in [2.24, 2.45) is 0 Å². The van der Waals surface area contributed by atoms with Crippen LogP contribution in [0.3, 0.4) is 0 Å². The molecule has 2 saturated heterocycles. The molecule has 6 nitrogen and oxygen atoms in total. The number of anilines is 1. The zero-order valence-corrected chi connectivity index (χ0v) is 19.4. The molecular formula is C27H32N4O2. The number of para-hydroxylation sites is 1. The molecule has 0 unspecified atom stereocenters. The molecule has 172 valence electrons. The fraction of sp³-hybridized carbons (Fsp3) is 0.407. The molecule has 0 atom stereocenters. The number of aromatic nitrogens is 1. The maximum atomic E-state index is 12.7. The molecule has 2 aromatic carbocycles. The molecule has 0 bridgehead atoms. The number of benzene rings is 2. The van der Waals surface area contributed by atoms with Gasteiger partial charge in [0.25, 0.3) is 5.91 Å². The van der Waals surface area contributed by atoms with Gasteiger partial charge in [-0.15, -0.1) is 0 Å². The predicted molar refractivity (Wildman–Crippen MR) is 130 cm³/mol. The van der Waals surface area contributed by atoms with E-state index in [4.69, 9.17) is 9.40 Å². The van der Waals surface area contributed by atoms with Crippen LogP contribution in [0.1, 0.15) is 41.1 Å².